The quantitative estimate of drug-likeness (QED) is 0.844. The van der Waals surface area contributed by atoms with Gasteiger partial charge in [0.15, 0.2) is 0 Å². The van der Waals surface area contributed by atoms with Gasteiger partial charge in [-0.15, -0.1) is 0 Å². The van der Waals surface area contributed by atoms with E-state index in [9.17, 15) is 10.2 Å². The van der Waals surface area contributed by atoms with E-state index in [4.69, 9.17) is 16.3 Å². The van der Waals surface area contributed by atoms with Crippen molar-refractivity contribution < 1.29 is 14.9 Å². The molecule has 3 unspecified atom stereocenters. The van der Waals surface area contributed by atoms with E-state index in [1.807, 2.05) is 33.8 Å². The zero-order valence-corrected chi connectivity index (χ0v) is 13.7. The number of ether oxygens (including phenoxy) is 1. The van der Waals surface area contributed by atoms with Gasteiger partial charge in [-0.25, -0.2) is 0 Å². The maximum Gasteiger partial charge on any atom is 0.123 e. The van der Waals surface area contributed by atoms with Gasteiger partial charge in [-0.1, -0.05) is 18.5 Å². The van der Waals surface area contributed by atoms with Crippen molar-refractivity contribution in [2.75, 3.05) is 6.61 Å². The van der Waals surface area contributed by atoms with Crippen LogP contribution in [0.4, 0.5) is 0 Å². The van der Waals surface area contributed by atoms with Crippen LogP contribution < -0.4 is 4.74 Å². The van der Waals surface area contributed by atoms with Crippen LogP contribution in [0, 0.1) is 13.8 Å². The number of aliphatic hydroxyl groups is 2. The summed E-state index contributed by atoms with van der Waals surface area (Å²) >= 11 is 6.33. The van der Waals surface area contributed by atoms with Crippen molar-refractivity contribution >= 4 is 11.6 Å². The van der Waals surface area contributed by atoms with Crippen LogP contribution in [0.3, 0.4) is 0 Å². The lowest BCUT2D eigenvalue weighted by atomic mass is 9.88. The highest BCUT2D eigenvalue weighted by Gasteiger charge is 2.22. The molecule has 114 valence electrons. The Kier molecular flexibility index (Phi) is 6.31. The van der Waals surface area contributed by atoms with Crippen LogP contribution in [0.2, 0.25) is 5.02 Å². The van der Waals surface area contributed by atoms with Gasteiger partial charge in [0.05, 0.1) is 18.8 Å². The zero-order chi connectivity index (χ0) is 15.4. The van der Waals surface area contributed by atoms with Crippen molar-refractivity contribution in [3.05, 3.63) is 27.8 Å². The Bertz CT molecular complexity index is 458. The first-order chi connectivity index (χ1) is 9.29. The van der Waals surface area contributed by atoms with E-state index < -0.39 is 12.2 Å². The molecule has 0 saturated carbocycles. The number of aliphatic hydroxyl groups excluding tert-OH is 2. The molecule has 0 spiro atoms. The normalized spacial score (nSPS) is 15.8. The van der Waals surface area contributed by atoms with Crippen molar-refractivity contribution in [1.82, 2.24) is 0 Å². The number of benzene rings is 1. The van der Waals surface area contributed by atoms with E-state index in [0.29, 0.717) is 13.0 Å². The highest BCUT2D eigenvalue weighted by Crippen LogP contribution is 2.38. The van der Waals surface area contributed by atoms with Crippen molar-refractivity contribution in [2.24, 2.45) is 0 Å². The van der Waals surface area contributed by atoms with Crippen LogP contribution in [0.1, 0.15) is 49.8 Å². The van der Waals surface area contributed by atoms with Gasteiger partial charge in [-0.2, -0.15) is 0 Å². The Labute approximate surface area is 126 Å². The van der Waals surface area contributed by atoms with Crippen LogP contribution in [0.15, 0.2) is 6.07 Å². The standard InChI is InChI=1S/C16H25ClO3/c1-6-20-14-8-10(3)16(17)11(4)15(14)9(2)7-13(19)12(5)18/h8-9,12-13,18-19H,6-7H2,1-5H3. The molecule has 2 N–H and O–H groups in total. The summed E-state index contributed by atoms with van der Waals surface area (Å²) in [5.41, 5.74) is 2.99. The van der Waals surface area contributed by atoms with E-state index >= 15 is 0 Å². The minimum Gasteiger partial charge on any atom is -0.494 e. The largest absolute Gasteiger partial charge is 0.494 e. The number of rotatable bonds is 6. The van der Waals surface area contributed by atoms with Gasteiger partial charge >= 0.3 is 0 Å². The van der Waals surface area contributed by atoms with E-state index in [0.717, 1.165) is 27.5 Å². The van der Waals surface area contributed by atoms with E-state index in [2.05, 4.69) is 0 Å². The van der Waals surface area contributed by atoms with Gasteiger partial charge in [0, 0.05) is 10.6 Å². The van der Waals surface area contributed by atoms with E-state index in [1.54, 1.807) is 6.92 Å². The Morgan fingerprint density at radius 2 is 1.85 bits per heavy atom. The van der Waals surface area contributed by atoms with Crippen LogP contribution in [0.25, 0.3) is 0 Å². The maximum absolute atomic E-state index is 9.87. The second-order valence-corrected chi connectivity index (χ2v) is 5.80. The molecule has 0 heterocycles. The van der Waals surface area contributed by atoms with E-state index in [1.165, 1.54) is 0 Å². The molecule has 20 heavy (non-hydrogen) atoms. The number of hydrogen-bond acceptors (Lipinski definition) is 3. The minimum atomic E-state index is -0.751. The lowest BCUT2D eigenvalue weighted by Crippen LogP contribution is -2.24. The van der Waals surface area contributed by atoms with Gasteiger partial charge in [0.25, 0.3) is 0 Å². The van der Waals surface area contributed by atoms with Gasteiger partial charge in [-0.05, 0) is 57.2 Å². The summed E-state index contributed by atoms with van der Waals surface area (Å²) in [7, 11) is 0. The molecule has 3 nitrogen and oxygen atoms in total. The van der Waals surface area contributed by atoms with Gasteiger partial charge in [0.2, 0.25) is 0 Å². The molecular formula is C16H25ClO3. The SMILES string of the molecule is CCOc1cc(C)c(Cl)c(C)c1C(C)CC(O)C(C)O. The van der Waals surface area contributed by atoms with Crippen molar-refractivity contribution in [3.8, 4) is 5.75 Å². The predicted octanol–water partition coefficient (Wildman–Crippen LogP) is 3.59. The molecule has 0 saturated heterocycles. The third-order valence-corrected chi connectivity index (χ3v) is 4.22. The summed E-state index contributed by atoms with van der Waals surface area (Å²) < 4.78 is 5.71. The average Bonchev–Trinajstić information content (AvgIpc) is 2.36. The Morgan fingerprint density at radius 3 is 2.35 bits per heavy atom. The van der Waals surface area contributed by atoms with Crippen molar-refractivity contribution in [3.63, 3.8) is 0 Å². The fourth-order valence-corrected chi connectivity index (χ4v) is 2.66. The molecule has 4 heteroatoms. The molecule has 0 aliphatic rings. The molecule has 0 bridgehead atoms. The summed E-state index contributed by atoms with van der Waals surface area (Å²) in [4.78, 5) is 0. The lowest BCUT2D eigenvalue weighted by Gasteiger charge is -2.24. The Hall–Kier alpha value is -0.770. The molecule has 1 rings (SSSR count). The molecule has 1 aromatic rings. The molecule has 0 radical (unpaired) electrons. The first-order valence-electron chi connectivity index (χ1n) is 7.08. The third-order valence-electron chi connectivity index (χ3n) is 3.64. The van der Waals surface area contributed by atoms with Crippen LogP contribution >= 0.6 is 11.6 Å². The molecular weight excluding hydrogens is 276 g/mol. The lowest BCUT2D eigenvalue weighted by molar-refractivity contribution is 0.0225. The Morgan fingerprint density at radius 1 is 1.25 bits per heavy atom. The fourth-order valence-electron chi connectivity index (χ4n) is 2.50. The zero-order valence-electron chi connectivity index (χ0n) is 12.9. The Balaban J connectivity index is 3.17. The number of aryl methyl sites for hydroxylation is 1. The highest BCUT2D eigenvalue weighted by molar-refractivity contribution is 6.32. The van der Waals surface area contributed by atoms with Crippen LogP contribution in [-0.4, -0.2) is 29.0 Å². The summed E-state index contributed by atoms with van der Waals surface area (Å²) in [6, 6.07) is 1.94. The van der Waals surface area contributed by atoms with Crippen LogP contribution in [-0.2, 0) is 0 Å². The molecule has 0 aliphatic carbocycles. The maximum atomic E-state index is 9.87. The smallest absolute Gasteiger partial charge is 0.123 e. The monoisotopic (exact) mass is 300 g/mol. The van der Waals surface area contributed by atoms with E-state index in [-0.39, 0.29) is 5.92 Å². The molecule has 0 amide bonds. The molecule has 0 aromatic heterocycles. The molecule has 3 atom stereocenters. The first kappa shape index (κ1) is 17.3. The van der Waals surface area contributed by atoms with Gasteiger partial charge in [-0.3, -0.25) is 0 Å². The van der Waals surface area contributed by atoms with Crippen molar-refractivity contribution in [2.45, 2.75) is 59.2 Å². The first-order valence-corrected chi connectivity index (χ1v) is 7.45. The second kappa shape index (κ2) is 7.30. The highest BCUT2D eigenvalue weighted by atomic mass is 35.5. The van der Waals surface area contributed by atoms with Gasteiger partial charge in [0.1, 0.15) is 5.75 Å². The summed E-state index contributed by atoms with van der Waals surface area (Å²) in [5, 5.41) is 20.1. The van der Waals surface area contributed by atoms with Gasteiger partial charge < -0.3 is 14.9 Å². The molecule has 0 aliphatic heterocycles. The predicted molar refractivity (Wildman–Crippen MR) is 82.8 cm³/mol. The average molecular weight is 301 g/mol. The number of hydrogen-bond donors (Lipinski definition) is 2. The minimum absolute atomic E-state index is 0.0549. The number of halogens is 1. The molecule has 0 fully saturated rings. The topological polar surface area (TPSA) is 49.7 Å². The fraction of sp³-hybridized carbons (Fsp3) is 0.625. The summed E-state index contributed by atoms with van der Waals surface area (Å²) in [6.07, 6.45) is -1.02. The van der Waals surface area contributed by atoms with Crippen LogP contribution in [0.5, 0.6) is 5.75 Å². The summed E-state index contributed by atoms with van der Waals surface area (Å²) in [5.74, 6) is 0.872. The van der Waals surface area contributed by atoms with Crippen molar-refractivity contribution in [1.29, 1.82) is 0 Å². The third kappa shape index (κ3) is 3.87. The second-order valence-electron chi connectivity index (χ2n) is 5.42. The summed E-state index contributed by atoms with van der Waals surface area (Å²) in [6.45, 7) is 10.1. The molecule has 1 aromatic carbocycles.